The highest BCUT2D eigenvalue weighted by molar-refractivity contribution is 7.07. The van der Waals surface area contributed by atoms with Crippen LogP contribution >= 0.6 is 11.3 Å². The summed E-state index contributed by atoms with van der Waals surface area (Å²) >= 11 is 1.77. The van der Waals surface area contributed by atoms with Crippen molar-refractivity contribution in [3.05, 3.63) is 39.8 Å². The van der Waals surface area contributed by atoms with Crippen molar-refractivity contribution < 1.29 is 4.74 Å². The van der Waals surface area contributed by atoms with Gasteiger partial charge in [-0.05, 0) is 41.1 Å². The van der Waals surface area contributed by atoms with E-state index in [0.29, 0.717) is 5.92 Å². The Morgan fingerprint density at radius 2 is 2.32 bits per heavy atom. The van der Waals surface area contributed by atoms with Crippen LogP contribution in [0.4, 0.5) is 0 Å². The number of hydrogen-bond donors (Lipinski definition) is 0. The van der Waals surface area contributed by atoms with Gasteiger partial charge in [0.25, 0.3) is 0 Å². The molecule has 0 amide bonds. The number of ether oxygens (including phenoxy) is 1. The average molecular weight is 317 g/mol. The van der Waals surface area contributed by atoms with Gasteiger partial charge in [-0.2, -0.15) is 16.4 Å². The highest BCUT2D eigenvalue weighted by Gasteiger charge is 2.29. The molecular weight excluding hydrogens is 294 g/mol. The number of aromatic nitrogens is 2. The lowest BCUT2D eigenvalue weighted by molar-refractivity contribution is 0.135. The first-order valence-corrected chi connectivity index (χ1v) is 9.04. The Hall–Kier alpha value is -1.17. The smallest absolute Gasteiger partial charge is 0.0801 e. The van der Waals surface area contributed by atoms with Crippen molar-refractivity contribution in [2.24, 2.45) is 5.92 Å². The van der Waals surface area contributed by atoms with E-state index in [2.05, 4.69) is 32.6 Å². The van der Waals surface area contributed by atoms with Crippen molar-refractivity contribution in [1.29, 1.82) is 0 Å². The molecule has 4 rings (SSSR count). The molecule has 0 aromatic carbocycles. The van der Waals surface area contributed by atoms with E-state index in [-0.39, 0.29) is 0 Å². The van der Waals surface area contributed by atoms with Crippen LogP contribution < -0.4 is 0 Å². The van der Waals surface area contributed by atoms with Gasteiger partial charge < -0.3 is 4.74 Å². The number of hydrogen-bond acceptors (Lipinski definition) is 4. The summed E-state index contributed by atoms with van der Waals surface area (Å²) < 4.78 is 7.64. The maximum atomic E-state index is 5.46. The molecule has 4 nitrogen and oxygen atoms in total. The SMILES string of the molecule is COC[C@H]1CN(Cc2ccsc2)Cc2nn(CC3CC3)cc21. The largest absolute Gasteiger partial charge is 0.384 e. The predicted octanol–water partition coefficient (Wildman–Crippen LogP) is 3.10. The number of fused-ring (bicyclic) bond motifs is 1. The maximum Gasteiger partial charge on any atom is 0.0801 e. The molecule has 0 bridgehead atoms. The van der Waals surface area contributed by atoms with Gasteiger partial charge in [0.1, 0.15) is 0 Å². The van der Waals surface area contributed by atoms with Crippen LogP contribution in [-0.4, -0.2) is 34.9 Å². The zero-order chi connectivity index (χ0) is 14.9. The van der Waals surface area contributed by atoms with E-state index in [9.17, 15) is 0 Å². The van der Waals surface area contributed by atoms with E-state index < -0.39 is 0 Å². The lowest BCUT2D eigenvalue weighted by Gasteiger charge is -2.31. The summed E-state index contributed by atoms with van der Waals surface area (Å²) in [5, 5.41) is 9.26. The minimum atomic E-state index is 0.445. The summed E-state index contributed by atoms with van der Waals surface area (Å²) in [5.74, 6) is 1.31. The molecule has 0 radical (unpaired) electrons. The van der Waals surface area contributed by atoms with Gasteiger partial charge in [-0.1, -0.05) is 0 Å². The van der Waals surface area contributed by atoms with Gasteiger partial charge >= 0.3 is 0 Å². The van der Waals surface area contributed by atoms with Gasteiger partial charge in [0, 0.05) is 51.0 Å². The molecule has 0 N–H and O–H groups in total. The Kier molecular flexibility index (Phi) is 4.03. The summed E-state index contributed by atoms with van der Waals surface area (Å²) in [6.45, 7) is 4.91. The van der Waals surface area contributed by atoms with Crippen LogP contribution in [0.1, 0.15) is 35.6 Å². The topological polar surface area (TPSA) is 30.3 Å². The number of thiophene rings is 1. The Morgan fingerprint density at radius 3 is 3.05 bits per heavy atom. The molecule has 5 heteroatoms. The van der Waals surface area contributed by atoms with Gasteiger partial charge in [0.05, 0.1) is 12.3 Å². The van der Waals surface area contributed by atoms with Crippen molar-refractivity contribution in [3.8, 4) is 0 Å². The molecule has 118 valence electrons. The van der Waals surface area contributed by atoms with Crippen LogP contribution in [0.2, 0.25) is 0 Å². The molecule has 1 aliphatic carbocycles. The minimum absolute atomic E-state index is 0.445. The van der Waals surface area contributed by atoms with Crippen LogP contribution in [0.5, 0.6) is 0 Å². The van der Waals surface area contributed by atoms with Crippen molar-refractivity contribution in [2.75, 3.05) is 20.3 Å². The third-order valence-electron chi connectivity index (χ3n) is 4.66. The first-order chi connectivity index (χ1) is 10.8. The van der Waals surface area contributed by atoms with Gasteiger partial charge in [-0.25, -0.2) is 0 Å². The highest BCUT2D eigenvalue weighted by Crippen LogP contribution is 2.33. The summed E-state index contributed by atoms with van der Waals surface area (Å²) in [6, 6.07) is 2.22. The van der Waals surface area contributed by atoms with Crippen LogP contribution in [0, 0.1) is 5.92 Å². The van der Waals surface area contributed by atoms with Gasteiger partial charge in [-0.3, -0.25) is 9.58 Å². The standard InChI is InChI=1S/C17H23N3OS/c1-21-11-15-8-19(6-14-4-5-22-12-14)10-17-16(15)9-20(18-17)7-13-2-3-13/h4-5,9,12-13,15H,2-3,6-8,10-11H2,1H3/t15-/m1/s1. The molecule has 0 spiro atoms. The second-order valence-electron chi connectivity index (χ2n) is 6.65. The predicted molar refractivity (Wildman–Crippen MR) is 88.0 cm³/mol. The Balaban J connectivity index is 1.53. The van der Waals surface area contributed by atoms with Gasteiger partial charge in [0.15, 0.2) is 0 Å². The first-order valence-electron chi connectivity index (χ1n) is 8.10. The fraction of sp³-hybridized carbons (Fsp3) is 0.588. The zero-order valence-corrected chi connectivity index (χ0v) is 13.9. The summed E-state index contributed by atoms with van der Waals surface area (Å²) in [5.41, 5.74) is 4.07. The van der Waals surface area contributed by atoms with E-state index in [4.69, 9.17) is 9.84 Å². The van der Waals surface area contributed by atoms with Crippen molar-refractivity contribution in [1.82, 2.24) is 14.7 Å². The van der Waals surface area contributed by atoms with E-state index in [1.54, 1.807) is 18.4 Å². The van der Waals surface area contributed by atoms with E-state index in [0.717, 1.165) is 38.7 Å². The first kappa shape index (κ1) is 14.4. The number of rotatable bonds is 6. The van der Waals surface area contributed by atoms with E-state index in [1.165, 1.54) is 29.7 Å². The zero-order valence-electron chi connectivity index (χ0n) is 13.1. The van der Waals surface area contributed by atoms with Crippen molar-refractivity contribution in [3.63, 3.8) is 0 Å². The Morgan fingerprint density at radius 1 is 1.41 bits per heavy atom. The molecule has 2 aromatic heterocycles. The molecule has 1 fully saturated rings. The minimum Gasteiger partial charge on any atom is -0.384 e. The molecule has 0 unspecified atom stereocenters. The van der Waals surface area contributed by atoms with Crippen molar-refractivity contribution >= 4 is 11.3 Å². The molecule has 1 atom stereocenters. The van der Waals surface area contributed by atoms with Crippen molar-refractivity contribution in [2.45, 2.75) is 38.4 Å². The van der Waals surface area contributed by atoms with E-state index in [1.807, 2.05) is 0 Å². The van der Waals surface area contributed by atoms with Crippen LogP contribution in [0.3, 0.4) is 0 Å². The highest BCUT2D eigenvalue weighted by atomic mass is 32.1. The monoisotopic (exact) mass is 317 g/mol. The average Bonchev–Trinajstić information content (AvgIpc) is 2.98. The lowest BCUT2D eigenvalue weighted by atomic mass is 9.95. The summed E-state index contributed by atoms with van der Waals surface area (Å²) in [4.78, 5) is 2.50. The third-order valence-corrected chi connectivity index (χ3v) is 5.39. The van der Waals surface area contributed by atoms with Crippen LogP contribution in [-0.2, 0) is 24.4 Å². The third kappa shape index (κ3) is 3.12. The fourth-order valence-corrected chi connectivity index (χ4v) is 4.05. The van der Waals surface area contributed by atoms with Crippen LogP contribution in [0.25, 0.3) is 0 Å². The maximum absolute atomic E-state index is 5.46. The summed E-state index contributed by atoms with van der Waals surface area (Å²) in [6.07, 6.45) is 5.02. The normalized spacial score (nSPS) is 22.0. The molecule has 3 heterocycles. The van der Waals surface area contributed by atoms with Gasteiger partial charge in [0.2, 0.25) is 0 Å². The molecule has 2 aromatic rings. The van der Waals surface area contributed by atoms with Crippen LogP contribution in [0.15, 0.2) is 23.0 Å². The van der Waals surface area contributed by atoms with E-state index >= 15 is 0 Å². The number of methoxy groups -OCH3 is 1. The molecule has 2 aliphatic rings. The second kappa shape index (κ2) is 6.14. The lowest BCUT2D eigenvalue weighted by Crippen LogP contribution is -2.34. The number of nitrogens with zero attached hydrogens (tertiary/aromatic N) is 3. The molecular formula is C17H23N3OS. The van der Waals surface area contributed by atoms with Gasteiger partial charge in [-0.15, -0.1) is 0 Å². The second-order valence-corrected chi connectivity index (χ2v) is 7.43. The summed E-state index contributed by atoms with van der Waals surface area (Å²) in [7, 11) is 1.80. The Bertz CT molecular complexity index is 618. The Labute approximate surface area is 135 Å². The molecule has 1 saturated carbocycles. The fourth-order valence-electron chi connectivity index (χ4n) is 3.39. The molecule has 22 heavy (non-hydrogen) atoms. The quantitative estimate of drug-likeness (QED) is 0.820. The molecule has 0 saturated heterocycles. The molecule has 1 aliphatic heterocycles.